The van der Waals surface area contributed by atoms with Gasteiger partial charge < -0.3 is 29.4 Å². The molecular formula is C28H25NO8. The molecule has 1 heterocycles. The monoisotopic (exact) mass is 503 g/mol. The molecule has 0 unspecified atom stereocenters. The van der Waals surface area contributed by atoms with Crippen LogP contribution in [0.5, 0.6) is 23.0 Å². The van der Waals surface area contributed by atoms with Crippen LogP contribution in [-0.2, 0) is 16.0 Å². The molecule has 0 aliphatic carbocycles. The largest absolute Gasteiger partial charge is 0.497 e. The van der Waals surface area contributed by atoms with Crippen LogP contribution in [0.25, 0.3) is 6.08 Å². The molecule has 4 rings (SSSR count). The average molecular weight is 504 g/mol. The van der Waals surface area contributed by atoms with Crippen molar-refractivity contribution in [2.24, 2.45) is 0 Å². The van der Waals surface area contributed by atoms with Gasteiger partial charge in [0.15, 0.2) is 12.4 Å². The molecule has 0 bridgehead atoms. The van der Waals surface area contributed by atoms with Crippen molar-refractivity contribution in [3.05, 3.63) is 89.2 Å². The number of nitrogens with one attached hydrogen (secondary N) is 1. The minimum Gasteiger partial charge on any atom is -0.497 e. The highest BCUT2D eigenvalue weighted by Gasteiger charge is 2.28. The number of ether oxygens (including phenoxy) is 4. The summed E-state index contributed by atoms with van der Waals surface area (Å²) in [4.78, 5) is 36.8. The van der Waals surface area contributed by atoms with Gasteiger partial charge in [-0.2, -0.15) is 0 Å². The quantitative estimate of drug-likeness (QED) is 0.404. The Morgan fingerprint density at radius 3 is 2.46 bits per heavy atom. The van der Waals surface area contributed by atoms with Crippen LogP contribution in [0.15, 0.2) is 72.5 Å². The molecule has 1 aliphatic heterocycles. The van der Waals surface area contributed by atoms with Gasteiger partial charge >= 0.3 is 5.97 Å². The average Bonchev–Trinajstić information content (AvgIpc) is 3.22. The zero-order chi connectivity index (χ0) is 26.4. The lowest BCUT2D eigenvalue weighted by atomic mass is 10.1. The van der Waals surface area contributed by atoms with Gasteiger partial charge in [-0.3, -0.25) is 9.59 Å². The van der Waals surface area contributed by atoms with Crippen LogP contribution < -0.4 is 24.3 Å². The van der Waals surface area contributed by atoms with E-state index in [0.717, 1.165) is 5.56 Å². The van der Waals surface area contributed by atoms with Crippen LogP contribution in [0.2, 0.25) is 0 Å². The Morgan fingerprint density at radius 1 is 1.00 bits per heavy atom. The van der Waals surface area contributed by atoms with Gasteiger partial charge in [0, 0.05) is 24.1 Å². The molecule has 1 aliphatic rings. The highest BCUT2D eigenvalue weighted by molar-refractivity contribution is 6.14. The van der Waals surface area contributed by atoms with Crippen LogP contribution in [0.1, 0.15) is 21.5 Å². The SMILES string of the molecule is COc1ccc(C=C2Oc3cc(OCC(=O)N[C@H](Cc4ccccc4)C(=O)O)ccc3C2=O)c(OC)c1. The molecule has 0 aromatic heterocycles. The summed E-state index contributed by atoms with van der Waals surface area (Å²) in [6, 6.07) is 17.7. The highest BCUT2D eigenvalue weighted by Crippen LogP contribution is 2.36. The smallest absolute Gasteiger partial charge is 0.326 e. The number of methoxy groups -OCH3 is 2. The van der Waals surface area contributed by atoms with Crippen molar-refractivity contribution in [1.82, 2.24) is 5.32 Å². The first-order chi connectivity index (χ1) is 17.9. The third-order valence-electron chi connectivity index (χ3n) is 5.65. The van der Waals surface area contributed by atoms with E-state index in [1.165, 1.54) is 13.2 Å². The number of hydrogen-bond donors (Lipinski definition) is 2. The zero-order valence-corrected chi connectivity index (χ0v) is 20.2. The predicted octanol–water partition coefficient (Wildman–Crippen LogP) is 3.51. The zero-order valence-electron chi connectivity index (χ0n) is 20.2. The number of carbonyl (C=O) groups excluding carboxylic acids is 2. The summed E-state index contributed by atoms with van der Waals surface area (Å²) in [7, 11) is 3.06. The number of carbonyl (C=O) groups is 3. The van der Waals surface area contributed by atoms with E-state index in [-0.39, 0.29) is 23.7 Å². The van der Waals surface area contributed by atoms with E-state index >= 15 is 0 Å². The number of fused-ring (bicyclic) bond motifs is 1. The van der Waals surface area contributed by atoms with E-state index in [1.54, 1.807) is 67.8 Å². The highest BCUT2D eigenvalue weighted by atomic mass is 16.5. The van der Waals surface area contributed by atoms with Gasteiger partial charge in [-0.25, -0.2) is 4.79 Å². The molecule has 1 amide bonds. The van der Waals surface area contributed by atoms with Crippen molar-refractivity contribution in [3.8, 4) is 23.0 Å². The maximum absolute atomic E-state index is 12.8. The Morgan fingerprint density at radius 2 is 1.76 bits per heavy atom. The molecule has 0 fully saturated rings. The van der Waals surface area contributed by atoms with Gasteiger partial charge in [-0.05, 0) is 35.9 Å². The number of carboxylic acids is 1. The number of ketones is 1. The van der Waals surface area contributed by atoms with E-state index in [9.17, 15) is 19.5 Å². The molecule has 3 aromatic carbocycles. The van der Waals surface area contributed by atoms with Gasteiger partial charge in [0.2, 0.25) is 5.78 Å². The molecule has 0 radical (unpaired) electrons. The molecule has 0 saturated heterocycles. The molecular weight excluding hydrogens is 478 g/mol. The molecule has 0 saturated carbocycles. The van der Waals surface area contributed by atoms with Crippen LogP contribution in [0, 0.1) is 0 Å². The maximum Gasteiger partial charge on any atom is 0.326 e. The summed E-state index contributed by atoms with van der Waals surface area (Å²) >= 11 is 0. The molecule has 3 aromatic rings. The Bertz CT molecular complexity index is 1350. The lowest BCUT2D eigenvalue weighted by molar-refractivity contribution is -0.142. The minimum atomic E-state index is -1.14. The first-order valence-corrected chi connectivity index (χ1v) is 11.4. The van der Waals surface area contributed by atoms with Crippen molar-refractivity contribution in [3.63, 3.8) is 0 Å². The molecule has 1 atom stereocenters. The minimum absolute atomic E-state index is 0.110. The number of amides is 1. The number of allylic oxidation sites excluding steroid dienone is 1. The second-order valence-corrected chi connectivity index (χ2v) is 8.14. The number of carboxylic acid groups (broad SMARTS) is 1. The van der Waals surface area contributed by atoms with E-state index in [4.69, 9.17) is 18.9 Å². The Kier molecular flexibility index (Phi) is 7.73. The molecule has 37 heavy (non-hydrogen) atoms. The third kappa shape index (κ3) is 6.07. The van der Waals surface area contributed by atoms with Gasteiger partial charge in [0.1, 0.15) is 29.0 Å². The Balaban J connectivity index is 1.40. The lowest BCUT2D eigenvalue weighted by Gasteiger charge is -2.15. The van der Waals surface area contributed by atoms with Crippen molar-refractivity contribution in [1.29, 1.82) is 0 Å². The molecule has 9 nitrogen and oxygen atoms in total. The van der Waals surface area contributed by atoms with Crippen molar-refractivity contribution in [2.75, 3.05) is 20.8 Å². The first-order valence-electron chi connectivity index (χ1n) is 11.4. The van der Waals surface area contributed by atoms with Crippen LogP contribution in [0.4, 0.5) is 0 Å². The van der Waals surface area contributed by atoms with Crippen LogP contribution >= 0.6 is 0 Å². The summed E-state index contributed by atoms with van der Waals surface area (Å²) in [6.45, 7) is -0.406. The van der Waals surface area contributed by atoms with Gasteiger partial charge in [-0.15, -0.1) is 0 Å². The number of hydrogen-bond acceptors (Lipinski definition) is 7. The number of aliphatic carboxylic acids is 1. The second-order valence-electron chi connectivity index (χ2n) is 8.14. The van der Waals surface area contributed by atoms with Crippen LogP contribution in [-0.4, -0.2) is 49.6 Å². The van der Waals surface area contributed by atoms with Gasteiger partial charge in [-0.1, -0.05) is 30.3 Å². The number of rotatable bonds is 10. The fraction of sp³-hybridized carbons (Fsp3) is 0.179. The normalized spacial score (nSPS) is 13.9. The molecule has 2 N–H and O–H groups in total. The fourth-order valence-corrected chi connectivity index (χ4v) is 3.77. The summed E-state index contributed by atoms with van der Waals surface area (Å²) in [5.74, 6) is -0.222. The third-order valence-corrected chi connectivity index (χ3v) is 5.65. The molecule has 0 spiro atoms. The van der Waals surface area contributed by atoms with Crippen molar-refractivity contribution >= 4 is 23.7 Å². The Hall–Kier alpha value is -4.79. The predicted molar refractivity (Wildman–Crippen MR) is 134 cm³/mol. The summed E-state index contributed by atoms with van der Waals surface area (Å²) < 4.78 is 21.8. The van der Waals surface area contributed by atoms with Crippen LogP contribution in [0.3, 0.4) is 0 Å². The topological polar surface area (TPSA) is 120 Å². The van der Waals surface area contributed by atoms with Crippen molar-refractivity contribution < 1.29 is 38.4 Å². The van der Waals surface area contributed by atoms with Gasteiger partial charge in [0.05, 0.1) is 19.8 Å². The van der Waals surface area contributed by atoms with E-state index in [0.29, 0.717) is 28.4 Å². The number of benzene rings is 3. The lowest BCUT2D eigenvalue weighted by Crippen LogP contribution is -2.44. The molecule has 190 valence electrons. The van der Waals surface area contributed by atoms with E-state index in [1.807, 2.05) is 6.07 Å². The second kappa shape index (κ2) is 11.3. The van der Waals surface area contributed by atoms with E-state index < -0.39 is 24.5 Å². The summed E-state index contributed by atoms with van der Waals surface area (Å²) in [5, 5.41) is 11.9. The summed E-state index contributed by atoms with van der Waals surface area (Å²) in [6.07, 6.45) is 1.72. The Labute approximate surface area is 213 Å². The molecule has 9 heteroatoms. The fourth-order valence-electron chi connectivity index (χ4n) is 3.77. The summed E-state index contributed by atoms with van der Waals surface area (Å²) in [5.41, 5.74) is 1.77. The number of Topliss-reactive ketones (excluding diaryl/α,β-unsaturated/α-hetero) is 1. The maximum atomic E-state index is 12.8. The standard InChI is InChI=1S/C28H25NO8/c1-34-19-9-8-18(23(14-19)35-2)13-25-27(31)21-11-10-20(15-24(21)37-25)36-16-26(30)29-22(28(32)33)12-17-6-4-3-5-7-17/h3-11,13-15,22H,12,16H2,1-2H3,(H,29,30)(H,32,33)/t22-/m1/s1. The van der Waals surface area contributed by atoms with Gasteiger partial charge in [0.25, 0.3) is 5.91 Å². The van der Waals surface area contributed by atoms with E-state index in [2.05, 4.69) is 5.32 Å². The first kappa shape index (κ1) is 25.3. The van der Waals surface area contributed by atoms with Crippen molar-refractivity contribution in [2.45, 2.75) is 12.5 Å².